The average molecular weight is 230 g/mol. The summed E-state index contributed by atoms with van der Waals surface area (Å²) in [5, 5.41) is 2.96. The maximum atomic E-state index is 11.6. The van der Waals surface area contributed by atoms with E-state index in [4.69, 9.17) is 5.73 Å². The van der Waals surface area contributed by atoms with E-state index in [1.165, 1.54) is 18.6 Å². The zero-order chi connectivity index (χ0) is 11.5. The van der Waals surface area contributed by atoms with Crippen molar-refractivity contribution in [2.45, 2.75) is 44.4 Å². The van der Waals surface area contributed by atoms with Crippen LogP contribution in [0.3, 0.4) is 0 Å². The number of thioether (sulfide) groups is 1. The van der Waals surface area contributed by atoms with Gasteiger partial charge in [-0.3, -0.25) is 4.79 Å². The molecule has 3 N–H and O–H groups in total. The van der Waals surface area contributed by atoms with Crippen LogP contribution in [0, 0.1) is 5.92 Å². The summed E-state index contributed by atoms with van der Waals surface area (Å²) < 4.78 is 0.229. The van der Waals surface area contributed by atoms with Crippen molar-refractivity contribution in [2.75, 3.05) is 12.3 Å². The first-order valence-electron chi connectivity index (χ1n) is 5.62. The number of amides is 1. The molecular formula is C11H22N2OS. The minimum absolute atomic E-state index is 0.0151. The molecule has 0 radical (unpaired) electrons. The van der Waals surface area contributed by atoms with Gasteiger partial charge in [-0.1, -0.05) is 13.8 Å². The fourth-order valence-electron chi connectivity index (χ4n) is 1.67. The van der Waals surface area contributed by atoms with Crippen molar-refractivity contribution in [1.82, 2.24) is 5.32 Å². The van der Waals surface area contributed by atoms with Gasteiger partial charge in [0, 0.05) is 11.3 Å². The molecule has 0 aliphatic carbocycles. The normalized spacial score (nSPS) is 28.1. The van der Waals surface area contributed by atoms with Crippen LogP contribution in [0.4, 0.5) is 0 Å². The number of nitrogens with two attached hydrogens (primary N) is 1. The minimum Gasteiger partial charge on any atom is -0.353 e. The fraction of sp³-hybridized carbons (Fsp3) is 0.909. The first kappa shape index (κ1) is 12.8. The third kappa shape index (κ3) is 3.68. The molecule has 4 heteroatoms. The van der Waals surface area contributed by atoms with Gasteiger partial charge < -0.3 is 11.1 Å². The van der Waals surface area contributed by atoms with Crippen molar-refractivity contribution in [2.24, 2.45) is 11.7 Å². The standard InChI is InChI=1S/C11H22N2OS/c1-8(2)9(12)10(14)13-7-11(3)5-4-6-15-11/h8-9H,4-7,12H2,1-3H3,(H,13,14)/t9-,11?/m1/s1. The Morgan fingerprint density at radius 2 is 2.27 bits per heavy atom. The molecule has 1 saturated heterocycles. The van der Waals surface area contributed by atoms with E-state index >= 15 is 0 Å². The highest BCUT2D eigenvalue weighted by Crippen LogP contribution is 2.36. The second-order valence-corrected chi connectivity index (χ2v) is 6.57. The molecule has 2 atom stereocenters. The van der Waals surface area contributed by atoms with Gasteiger partial charge in [-0.15, -0.1) is 0 Å². The van der Waals surface area contributed by atoms with Crippen LogP contribution in [0.2, 0.25) is 0 Å². The van der Waals surface area contributed by atoms with Gasteiger partial charge in [0.25, 0.3) is 0 Å². The third-order valence-electron chi connectivity index (χ3n) is 2.96. The molecule has 1 heterocycles. The molecule has 1 aliphatic heterocycles. The van der Waals surface area contributed by atoms with Crippen molar-refractivity contribution in [3.63, 3.8) is 0 Å². The van der Waals surface area contributed by atoms with Gasteiger partial charge in [-0.05, 0) is 31.4 Å². The van der Waals surface area contributed by atoms with Crippen LogP contribution < -0.4 is 11.1 Å². The summed E-state index contributed by atoms with van der Waals surface area (Å²) >= 11 is 1.95. The molecule has 15 heavy (non-hydrogen) atoms. The molecule has 1 amide bonds. The smallest absolute Gasteiger partial charge is 0.237 e. The highest BCUT2D eigenvalue weighted by atomic mass is 32.2. The van der Waals surface area contributed by atoms with Crippen LogP contribution in [0.15, 0.2) is 0 Å². The Kier molecular flexibility index (Phi) is 4.46. The number of carbonyl (C=O) groups is 1. The molecule has 1 fully saturated rings. The zero-order valence-electron chi connectivity index (χ0n) is 9.88. The minimum atomic E-state index is -0.375. The van der Waals surface area contributed by atoms with E-state index in [2.05, 4.69) is 12.2 Å². The molecule has 3 nitrogen and oxygen atoms in total. The van der Waals surface area contributed by atoms with Gasteiger partial charge >= 0.3 is 0 Å². The molecule has 0 bridgehead atoms. The average Bonchev–Trinajstić information content (AvgIpc) is 2.61. The van der Waals surface area contributed by atoms with E-state index in [-0.39, 0.29) is 22.6 Å². The molecule has 1 rings (SSSR count). The molecule has 0 aromatic heterocycles. The summed E-state index contributed by atoms with van der Waals surface area (Å²) in [5.74, 6) is 1.40. The third-order valence-corrected chi connectivity index (χ3v) is 4.50. The maximum absolute atomic E-state index is 11.6. The topological polar surface area (TPSA) is 55.1 Å². The number of nitrogens with one attached hydrogen (secondary N) is 1. The SMILES string of the molecule is CC(C)[C@@H](N)C(=O)NCC1(C)CCCS1. The van der Waals surface area contributed by atoms with Crippen molar-refractivity contribution in [3.05, 3.63) is 0 Å². The summed E-state index contributed by atoms with van der Waals surface area (Å²) in [4.78, 5) is 11.6. The Balaban J connectivity index is 2.33. The summed E-state index contributed by atoms with van der Waals surface area (Å²) in [6, 6.07) is -0.375. The van der Waals surface area contributed by atoms with Gasteiger partial charge in [-0.25, -0.2) is 0 Å². The lowest BCUT2D eigenvalue weighted by atomic mass is 10.0. The van der Waals surface area contributed by atoms with E-state index in [0.29, 0.717) is 0 Å². The van der Waals surface area contributed by atoms with Gasteiger partial charge in [0.2, 0.25) is 5.91 Å². The van der Waals surface area contributed by atoms with Gasteiger partial charge in [0.15, 0.2) is 0 Å². The highest BCUT2D eigenvalue weighted by Gasteiger charge is 2.30. The number of hydrogen-bond donors (Lipinski definition) is 2. The molecule has 0 aromatic carbocycles. The summed E-state index contributed by atoms with van der Waals surface area (Å²) in [6.07, 6.45) is 2.45. The van der Waals surface area contributed by atoms with E-state index in [1.807, 2.05) is 25.6 Å². The van der Waals surface area contributed by atoms with Crippen molar-refractivity contribution in [1.29, 1.82) is 0 Å². The molecule has 1 unspecified atom stereocenters. The second kappa shape index (κ2) is 5.21. The number of carbonyl (C=O) groups excluding carboxylic acids is 1. The zero-order valence-corrected chi connectivity index (χ0v) is 10.7. The fourth-order valence-corrected chi connectivity index (χ4v) is 2.92. The Morgan fingerprint density at radius 3 is 2.73 bits per heavy atom. The lowest BCUT2D eigenvalue weighted by Gasteiger charge is -2.24. The van der Waals surface area contributed by atoms with E-state index < -0.39 is 0 Å². The van der Waals surface area contributed by atoms with Crippen LogP contribution in [0.5, 0.6) is 0 Å². The lowest BCUT2D eigenvalue weighted by Crippen LogP contribution is -2.47. The molecule has 1 aliphatic rings. The van der Waals surface area contributed by atoms with Gasteiger partial charge in [0.1, 0.15) is 0 Å². The molecule has 88 valence electrons. The first-order valence-corrected chi connectivity index (χ1v) is 6.60. The van der Waals surface area contributed by atoms with E-state index in [0.717, 1.165) is 6.54 Å². The number of hydrogen-bond acceptors (Lipinski definition) is 3. The van der Waals surface area contributed by atoms with Crippen LogP contribution in [0.25, 0.3) is 0 Å². The Labute approximate surface area is 96.6 Å². The second-order valence-electron chi connectivity index (χ2n) is 4.89. The van der Waals surface area contributed by atoms with E-state index in [9.17, 15) is 4.79 Å². The largest absolute Gasteiger partial charge is 0.353 e. The maximum Gasteiger partial charge on any atom is 0.237 e. The number of rotatable bonds is 4. The predicted octanol–water partition coefficient (Wildman–Crippen LogP) is 1.37. The monoisotopic (exact) mass is 230 g/mol. The van der Waals surface area contributed by atoms with Gasteiger partial charge in [-0.2, -0.15) is 11.8 Å². The van der Waals surface area contributed by atoms with Crippen molar-refractivity contribution in [3.8, 4) is 0 Å². The highest BCUT2D eigenvalue weighted by molar-refractivity contribution is 8.00. The summed E-state index contributed by atoms with van der Waals surface area (Å²) in [7, 11) is 0. The Hall–Kier alpha value is -0.220. The summed E-state index contributed by atoms with van der Waals surface area (Å²) in [6.45, 7) is 6.90. The Morgan fingerprint density at radius 1 is 1.60 bits per heavy atom. The van der Waals surface area contributed by atoms with Crippen LogP contribution in [-0.4, -0.2) is 29.0 Å². The van der Waals surface area contributed by atoms with Crippen molar-refractivity contribution >= 4 is 17.7 Å². The van der Waals surface area contributed by atoms with Gasteiger partial charge in [0.05, 0.1) is 6.04 Å². The molecule has 0 aromatic rings. The first-order chi connectivity index (χ1) is 6.94. The quantitative estimate of drug-likeness (QED) is 0.767. The van der Waals surface area contributed by atoms with Crippen LogP contribution >= 0.6 is 11.8 Å². The van der Waals surface area contributed by atoms with Crippen molar-refractivity contribution < 1.29 is 4.79 Å². The predicted molar refractivity (Wildman–Crippen MR) is 65.9 cm³/mol. The lowest BCUT2D eigenvalue weighted by molar-refractivity contribution is -0.123. The van der Waals surface area contributed by atoms with Crippen LogP contribution in [0.1, 0.15) is 33.6 Å². The molecule has 0 saturated carbocycles. The van der Waals surface area contributed by atoms with Crippen LogP contribution in [-0.2, 0) is 4.79 Å². The Bertz CT molecular complexity index is 225. The van der Waals surface area contributed by atoms with E-state index in [1.54, 1.807) is 0 Å². The molecule has 0 spiro atoms. The molecular weight excluding hydrogens is 208 g/mol. The summed E-state index contributed by atoms with van der Waals surface area (Å²) in [5.41, 5.74) is 5.77.